The van der Waals surface area contributed by atoms with Gasteiger partial charge in [-0.3, -0.25) is 10.00 Å². The predicted octanol–water partition coefficient (Wildman–Crippen LogP) is 0.264. The monoisotopic (exact) mass is 270 g/mol. The zero-order chi connectivity index (χ0) is 14.1. The third kappa shape index (κ3) is 4.96. The predicted molar refractivity (Wildman–Crippen MR) is 69.4 cm³/mol. The molecular weight excluding hydrogens is 248 g/mol. The molecule has 0 radical (unpaired) electrons. The fourth-order valence-corrected chi connectivity index (χ4v) is 1.61. The van der Waals surface area contributed by atoms with E-state index in [4.69, 9.17) is 9.84 Å². The number of aryl methyl sites for hydroxylation is 1. The number of rotatable bonds is 9. The minimum atomic E-state index is -0.581. The summed E-state index contributed by atoms with van der Waals surface area (Å²) in [5.74, 6) is -0.342. The lowest BCUT2D eigenvalue weighted by Crippen LogP contribution is -2.31. The lowest BCUT2D eigenvalue weighted by Gasteiger charge is -2.14. The van der Waals surface area contributed by atoms with Gasteiger partial charge in [0.2, 0.25) is 0 Å². The highest BCUT2D eigenvalue weighted by Gasteiger charge is 2.24. The average molecular weight is 270 g/mol. The lowest BCUT2D eigenvalue weighted by molar-refractivity contribution is -0.146. The Labute approximate surface area is 112 Å². The second-order valence-corrected chi connectivity index (χ2v) is 4.12. The number of aromatic nitrogens is 3. The van der Waals surface area contributed by atoms with Crippen LogP contribution >= 0.6 is 0 Å². The van der Waals surface area contributed by atoms with Gasteiger partial charge >= 0.3 is 5.97 Å². The number of esters is 1. The largest absolute Gasteiger partial charge is 0.465 e. The van der Waals surface area contributed by atoms with Crippen LogP contribution in [0.15, 0.2) is 6.20 Å². The molecule has 0 fully saturated rings. The van der Waals surface area contributed by atoms with Crippen LogP contribution in [-0.4, -0.2) is 45.8 Å². The van der Waals surface area contributed by atoms with Crippen molar-refractivity contribution in [2.75, 3.05) is 19.8 Å². The van der Waals surface area contributed by atoms with Gasteiger partial charge in [-0.15, -0.1) is 5.10 Å². The maximum atomic E-state index is 11.9. The van der Waals surface area contributed by atoms with Crippen molar-refractivity contribution in [3.8, 4) is 0 Å². The first-order chi connectivity index (χ1) is 9.22. The second kappa shape index (κ2) is 8.60. The van der Waals surface area contributed by atoms with Gasteiger partial charge in [0.25, 0.3) is 0 Å². The summed E-state index contributed by atoms with van der Waals surface area (Å²) in [5, 5.41) is 19.8. The molecule has 0 spiro atoms. The summed E-state index contributed by atoms with van der Waals surface area (Å²) in [6.07, 6.45) is 3.23. The van der Waals surface area contributed by atoms with E-state index in [1.165, 1.54) is 0 Å². The molecule has 0 aromatic carbocycles. The Morgan fingerprint density at radius 3 is 3.00 bits per heavy atom. The minimum Gasteiger partial charge on any atom is -0.465 e. The van der Waals surface area contributed by atoms with Gasteiger partial charge < -0.3 is 9.84 Å². The number of aliphatic hydroxyl groups excluding tert-OH is 1. The topological polar surface area (TPSA) is 89.3 Å². The Hall–Kier alpha value is -1.47. The number of hydrogen-bond acceptors (Lipinski definition) is 6. The highest BCUT2D eigenvalue weighted by Crippen LogP contribution is 2.11. The van der Waals surface area contributed by atoms with Gasteiger partial charge in [0.15, 0.2) is 6.04 Å². The van der Waals surface area contributed by atoms with Crippen LogP contribution in [0.5, 0.6) is 0 Å². The Kier molecular flexibility index (Phi) is 7.06. The fraction of sp³-hybridized carbons (Fsp3) is 0.750. The van der Waals surface area contributed by atoms with Crippen molar-refractivity contribution in [3.05, 3.63) is 11.9 Å². The van der Waals surface area contributed by atoms with Gasteiger partial charge in [-0.25, -0.2) is 4.79 Å². The highest BCUT2D eigenvalue weighted by atomic mass is 16.5. The molecule has 0 aliphatic carbocycles. The molecule has 2 N–H and O–H groups in total. The van der Waals surface area contributed by atoms with Crippen molar-refractivity contribution in [1.29, 1.82) is 0 Å². The number of carbonyl (C=O) groups excluding carboxylic acids is 1. The smallest absolute Gasteiger partial charge is 0.329 e. The summed E-state index contributed by atoms with van der Waals surface area (Å²) >= 11 is 0. The number of nitrogens with one attached hydrogen (secondary N) is 1. The first-order valence-corrected chi connectivity index (χ1v) is 6.63. The van der Waals surface area contributed by atoms with E-state index in [-0.39, 0.29) is 12.6 Å². The molecule has 1 unspecified atom stereocenters. The van der Waals surface area contributed by atoms with E-state index < -0.39 is 6.04 Å². The summed E-state index contributed by atoms with van der Waals surface area (Å²) in [6, 6.07) is -0.581. The Bertz CT molecular complexity index is 381. The third-order valence-corrected chi connectivity index (χ3v) is 2.52. The van der Waals surface area contributed by atoms with E-state index >= 15 is 0 Å². The molecule has 1 heterocycles. The number of carbonyl (C=O) groups is 1. The molecule has 0 aliphatic heterocycles. The molecule has 1 rings (SSSR count). The molecule has 0 bridgehead atoms. The van der Waals surface area contributed by atoms with Crippen molar-refractivity contribution >= 4 is 5.97 Å². The summed E-state index contributed by atoms with van der Waals surface area (Å²) in [4.78, 5) is 11.9. The van der Waals surface area contributed by atoms with E-state index in [1.807, 2.05) is 6.92 Å². The van der Waals surface area contributed by atoms with Crippen molar-refractivity contribution in [1.82, 2.24) is 20.3 Å². The minimum absolute atomic E-state index is 0.102. The van der Waals surface area contributed by atoms with E-state index in [0.29, 0.717) is 31.8 Å². The van der Waals surface area contributed by atoms with Crippen LogP contribution in [0.2, 0.25) is 0 Å². The van der Waals surface area contributed by atoms with E-state index in [9.17, 15) is 4.79 Å². The van der Waals surface area contributed by atoms with Gasteiger partial charge in [-0.2, -0.15) is 0 Å². The van der Waals surface area contributed by atoms with Crippen LogP contribution in [0, 0.1) is 0 Å². The van der Waals surface area contributed by atoms with Crippen LogP contribution in [0.3, 0.4) is 0 Å². The average Bonchev–Trinajstić information content (AvgIpc) is 2.86. The summed E-state index contributed by atoms with van der Waals surface area (Å²) in [6.45, 7) is 5.51. The summed E-state index contributed by atoms with van der Waals surface area (Å²) < 4.78 is 6.64. The second-order valence-electron chi connectivity index (χ2n) is 4.12. The Morgan fingerprint density at radius 1 is 1.58 bits per heavy atom. The van der Waals surface area contributed by atoms with Gasteiger partial charge in [0, 0.05) is 13.2 Å². The van der Waals surface area contributed by atoms with E-state index in [2.05, 4.69) is 15.6 Å². The van der Waals surface area contributed by atoms with Crippen molar-refractivity contribution in [2.24, 2.45) is 0 Å². The van der Waals surface area contributed by atoms with E-state index in [1.54, 1.807) is 17.8 Å². The molecule has 1 atom stereocenters. The lowest BCUT2D eigenvalue weighted by atomic mass is 10.2. The third-order valence-electron chi connectivity index (χ3n) is 2.52. The Morgan fingerprint density at radius 2 is 2.37 bits per heavy atom. The van der Waals surface area contributed by atoms with Crippen LogP contribution in [0.4, 0.5) is 0 Å². The standard InChI is InChI=1S/C12H22N4O3/c1-3-6-13-11(12(18)19-4-2)10-9-16(15-14-10)7-5-8-17/h9,11,13,17H,3-8H2,1-2H3. The summed E-state index contributed by atoms with van der Waals surface area (Å²) in [7, 11) is 0. The maximum absolute atomic E-state index is 11.9. The van der Waals surface area contributed by atoms with Crippen molar-refractivity contribution in [3.63, 3.8) is 0 Å². The van der Waals surface area contributed by atoms with Gasteiger partial charge in [-0.05, 0) is 26.3 Å². The number of ether oxygens (including phenoxy) is 1. The first kappa shape index (κ1) is 15.6. The molecule has 7 nitrogen and oxygen atoms in total. The molecule has 7 heteroatoms. The number of hydrogen-bond donors (Lipinski definition) is 2. The van der Waals surface area contributed by atoms with Crippen LogP contribution < -0.4 is 5.32 Å². The zero-order valence-electron chi connectivity index (χ0n) is 11.5. The van der Waals surface area contributed by atoms with Crippen molar-refractivity contribution in [2.45, 2.75) is 39.3 Å². The molecule has 0 aliphatic rings. The zero-order valence-corrected chi connectivity index (χ0v) is 11.5. The van der Waals surface area contributed by atoms with E-state index in [0.717, 1.165) is 6.42 Å². The maximum Gasteiger partial charge on any atom is 0.329 e. The fourth-order valence-electron chi connectivity index (χ4n) is 1.61. The molecule has 108 valence electrons. The highest BCUT2D eigenvalue weighted by molar-refractivity contribution is 5.76. The van der Waals surface area contributed by atoms with Gasteiger partial charge in [0.05, 0.1) is 12.8 Å². The molecule has 1 aromatic rings. The van der Waals surface area contributed by atoms with Crippen LogP contribution in [-0.2, 0) is 16.1 Å². The van der Waals surface area contributed by atoms with Crippen molar-refractivity contribution < 1.29 is 14.6 Å². The summed E-state index contributed by atoms with van der Waals surface area (Å²) in [5.41, 5.74) is 0.546. The number of nitrogens with zero attached hydrogens (tertiary/aromatic N) is 3. The van der Waals surface area contributed by atoms with Crippen LogP contribution in [0.25, 0.3) is 0 Å². The quantitative estimate of drug-likeness (QED) is 0.626. The SMILES string of the molecule is CCCNC(C(=O)OCC)c1cn(CCCO)nn1. The van der Waals surface area contributed by atoms with Crippen LogP contribution in [0.1, 0.15) is 38.4 Å². The molecule has 1 aromatic heterocycles. The van der Waals surface area contributed by atoms with Gasteiger partial charge in [-0.1, -0.05) is 12.1 Å². The van der Waals surface area contributed by atoms with Gasteiger partial charge in [0.1, 0.15) is 5.69 Å². The molecular formula is C12H22N4O3. The molecule has 0 saturated heterocycles. The first-order valence-electron chi connectivity index (χ1n) is 6.63. The number of aliphatic hydroxyl groups is 1. The Balaban J connectivity index is 2.72. The molecule has 0 saturated carbocycles. The molecule has 0 amide bonds. The normalized spacial score (nSPS) is 12.4. The molecule has 19 heavy (non-hydrogen) atoms.